The number of carbonyl (C=O) groups excluding carboxylic acids is 1. The Balaban J connectivity index is 1.44. The SMILES string of the molecule is Cc1ccc(COc2ccc(/C=N\NC(=O)CCc3n[nH]c(=O)[nH]c3=O)cc2)cc1. The van der Waals surface area contributed by atoms with Crippen LogP contribution in [0.15, 0.2) is 63.2 Å². The molecule has 3 rings (SSSR count). The van der Waals surface area contributed by atoms with E-state index in [2.05, 4.69) is 25.7 Å². The Hall–Kier alpha value is -4.01. The van der Waals surface area contributed by atoms with Crippen molar-refractivity contribution < 1.29 is 9.53 Å². The van der Waals surface area contributed by atoms with Gasteiger partial charge in [-0.05, 0) is 42.3 Å². The first-order valence-electron chi connectivity index (χ1n) is 9.28. The fraction of sp³-hybridized carbons (Fsp3) is 0.190. The number of hydrogen-bond acceptors (Lipinski definition) is 6. The van der Waals surface area contributed by atoms with E-state index >= 15 is 0 Å². The predicted molar refractivity (Wildman–Crippen MR) is 111 cm³/mol. The predicted octanol–water partition coefficient (Wildman–Crippen LogP) is 1.43. The highest BCUT2D eigenvalue weighted by Gasteiger charge is 2.06. The van der Waals surface area contributed by atoms with Crippen LogP contribution in [0.2, 0.25) is 0 Å². The third-order valence-corrected chi connectivity index (χ3v) is 4.18. The van der Waals surface area contributed by atoms with Gasteiger partial charge in [0.25, 0.3) is 5.56 Å². The number of H-pyrrole nitrogens is 2. The zero-order valence-electron chi connectivity index (χ0n) is 16.3. The number of nitrogens with one attached hydrogen (secondary N) is 3. The van der Waals surface area contributed by atoms with Crippen molar-refractivity contribution in [2.24, 2.45) is 5.10 Å². The Kier molecular flexibility index (Phi) is 6.88. The van der Waals surface area contributed by atoms with Crippen LogP contribution in [-0.4, -0.2) is 27.3 Å². The molecule has 0 fully saturated rings. The van der Waals surface area contributed by atoms with Crippen LogP contribution in [0.3, 0.4) is 0 Å². The van der Waals surface area contributed by atoms with Crippen LogP contribution in [0.4, 0.5) is 0 Å². The number of amides is 1. The first-order chi connectivity index (χ1) is 14.5. The number of aromatic nitrogens is 3. The minimum Gasteiger partial charge on any atom is -0.489 e. The Bertz CT molecular complexity index is 1130. The van der Waals surface area contributed by atoms with Crippen LogP contribution in [-0.2, 0) is 17.8 Å². The van der Waals surface area contributed by atoms with Crippen molar-refractivity contribution in [2.75, 3.05) is 0 Å². The third-order valence-electron chi connectivity index (χ3n) is 4.18. The molecule has 3 N–H and O–H groups in total. The van der Waals surface area contributed by atoms with Gasteiger partial charge in [0.05, 0.1) is 6.21 Å². The first-order valence-corrected chi connectivity index (χ1v) is 9.28. The fourth-order valence-electron chi connectivity index (χ4n) is 2.51. The molecule has 0 bridgehead atoms. The Morgan fingerprint density at radius 2 is 1.87 bits per heavy atom. The molecule has 9 nitrogen and oxygen atoms in total. The number of aromatic amines is 2. The third kappa shape index (κ3) is 6.26. The normalized spacial score (nSPS) is 10.8. The van der Waals surface area contributed by atoms with Crippen LogP contribution < -0.4 is 21.4 Å². The molecular formula is C21H21N5O4. The van der Waals surface area contributed by atoms with E-state index in [0.717, 1.165) is 16.9 Å². The Morgan fingerprint density at radius 1 is 1.13 bits per heavy atom. The van der Waals surface area contributed by atoms with E-state index < -0.39 is 11.2 Å². The average molecular weight is 407 g/mol. The summed E-state index contributed by atoms with van der Waals surface area (Å²) in [5.41, 5.74) is 4.25. The lowest BCUT2D eigenvalue weighted by Gasteiger charge is -2.06. The molecule has 0 atom stereocenters. The van der Waals surface area contributed by atoms with Gasteiger partial charge in [0.2, 0.25) is 5.91 Å². The molecular weight excluding hydrogens is 386 g/mol. The van der Waals surface area contributed by atoms with E-state index in [0.29, 0.717) is 6.61 Å². The molecule has 0 aliphatic rings. The van der Waals surface area contributed by atoms with Crippen LogP contribution in [0, 0.1) is 6.92 Å². The second kappa shape index (κ2) is 9.97. The zero-order chi connectivity index (χ0) is 21.3. The van der Waals surface area contributed by atoms with Gasteiger partial charge in [-0.25, -0.2) is 15.3 Å². The maximum absolute atomic E-state index is 11.8. The number of carbonyl (C=O) groups is 1. The minimum absolute atomic E-state index is 0.00521. The highest BCUT2D eigenvalue weighted by atomic mass is 16.5. The van der Waals surface area contributed by atoms with Gasteiger partial charge in [-0.15, -0.1) is 0 Å². The van der Waals surface area contributed by atoms with Gasteiger partial charge in [-0.2, -0.15) is 10.2 Å². The highest BCUT2D eigenvalue weighted by molar-refractivity contribution is 5.82. The first kappa shape index (κ1) is 20.7. The van der Waals surface area contributed by atoms with Crippen molar-refractivity contribution in [3.05, 3.63) is 91.8 Å². The molecule has 0 radical (unpaired) electrons. The lowest BCUT2D eigenvalue weighted by molar-refractivity contribution is -0.121. The van der Waals surface area contributed by atoms with Crippen LogP contribution in [0.25, 0.3) is 0 Å². The summed E-state index contributed by atoms with van der Waals surface area (Å²) in [6.45, 7) is 2.52. The molecule has 3 aromatic rings. The smallest absolute Gasteiger partial charge is 0.342 e. The molecule has 0 saturated heterocycles. The second-order valence-electron chi connectivity index (χ2n) is 6.59. The number of benzene rings is 2. The molecule has 154 valence electrons. The summed E-state index contributed by atoms with van der Waals surface area (Å²) in [6.07, 6.45) is 1.60. The molecule has 0 saturated carbocycles. The number of hydrazone groups is 1. The Labute approximate surface area is 171 Å². The largest absolute Gasteiger partial charge is 0.489 e. The van der Waals surface area contributed by atoms with Gasteiger partial charge < -0.3 is 4.74 Å². The average Bonchev–Trinajstić information content (AvgIpc) is 2.74. The van der Waals surface area contributed by atoms with Crippen molar-refractivity contribution in [1.29, 1.82) is 0 Å². The lowest BCUT2D eigenvalue weighted by atomic mass is 10.2. The molecule has 0 unspecified atom stereocenters. The quantitative estimate of drug-likeness (QED) is 0.384. The summed E-state index contributed by atoms with van der Waals surface area (Å²) in [7, 11) is 0. The van der Waals surface area contributed by atoms with E-state index in [1.807, 2.05) is 55.5 Å². The maximum Gasteiger partial charge on any atom is 0.342 e. The molecule has 1 amide bonds. The highest BCUT2D eigenvalue weighted by Crippen LogP contribution is 2.14. The monoisotopic (exact) mass is 407 g/mol. The second-order valence-corrected chi connectivity index (χ2v) is 6.59. The van der Waals surface area contributed by atoms with Crippen molar-refractivity contribution in [3.8, 4) is 5.75 Å². The summed E-state index contributed by atoms with van der Waals surface area (Å²) in [6, 6.07) is 15.4. The van der Waals surface area contributed by atoms with Gasteiger partial charge in [0.15, 0.2) is 0 Å². The topological polar surface area (TPSA) is 129 Å². The minimum atomic E-state index is -0.690. The molecule has 0 aliphatic heterocycles. The maximum atomic E-state index is 11.8. The number of ether oxygens (including phenoxy) is 1. The molecule has 9 heteroatoms. The van der Waals surface area contributed by atoms with Gasteiger partial charge in [-0.3, -0.25) is 14.6 Å². The summed E-state index contributed by atoms with van der Waals surface area (Å²) < 4.78 is 5.75. The number of aryl methyl sites for hydroxylation is 2. The van der Waals surface area contributed by atoms with E-state index in [9.17, 15) is 14.4 Å². The van der Waals surface area contributed by atoms with E-state index in [1.54, 1.807) is 0 Å². The van der Waals surface area contributed by atoms with Gasteiger partial charge in [0, 0.05) is 12.8 Å². The van der Waals surface area contributed by atoms with Crippen LogP contribution in [0.1, 0.15) is 28.8 Å². The summed E-state index contributed by atoms with van der Waals surface area (Å²) in [4.78, 5) is 36.3. The van der Waals surface area contributed by atoms with Crippen molar-refractivity contribution in [1.82, 2.24) is 20.6 Å². The van der Waals surface area contributed by atoms with E-state index in [-0.39, 0.29) is 24.4 Å². The van der Waals surface area contributed by atoms with Gasteiger partial charge in [0.1, 0.15) is 18.1 Å². The molecule has 0 aliphatic carbocycles. The number of rotatable bonds is 8. The lowest BCUT2D eigenvalue weighted by Crippen LogP contribution is -2.28. The molecule has 2 aromatic carbocycles. The van der Waals surface area contributed by atoms with Crippen molar-refractivity contribution in [3.63, 3.8) is 0 Å². The number of hydrogen-bond donors (Lipinski definition) is 3. The summed E-state index contributed by atoms with van der Waals surface area (Å²) in [5.74, 6) is 0.354. The fourth-order valence-corrected chi connectivity index (χ4v) is 2.51. The molecule has 1 heterocycles. The van der Waals surface area contributed by atoms with Crippen molar-refractivity contribution >= 4 is 12.1 Å². The molecule has 30 heavy (non-hydrogen) atoms. The van der Waals surface area contributed by atoms with Gasteiger partial charge in [-0.1, -0.05) is 29.8 Å². The Morgan fingerprint density at radius 3 is 2.57 bits per heavy atom. The zero-order valence-corrected chi connectivity index (χ0v) is 16.3. The number of nitrogens with zero attached hydrogens (tertiary/aromatic N) is 2. The van der Waals surface area contributed by atoms with Crippen LogP contribution >= 0.6 is 0 Å². The summed E-state index contributed by atoms with van der Waals surface area (Å²) >= 11 is 0. The van der Waals surface area contributed by atoms with Crippen LogP contribution in [0.5, 0.6) is 5.75 Å². The van der Waals surface area contributed by atoms with Crippen molar-refractivity contribution in [2.45, 2.75) is 26.4 Å². The van der Waals surface area contributed by atoms with E-state index in [1.165, 1.54) is 11.8 Å². The van der Waals surface area contributed by atoms with Gasteiger partial charge >= 0.3 is 5.69 Å². The standard InChI is InChI=1S/C21H21N5O4/c1-14-2-4-16(5-3-14)13-30-17-8-6-15(7-9-17)12-22-25-19(27)11-10-18-20(28)23-21(29)26-24-18/h2-9,12H,10-11,13H2,1H3,(H,25,27)(H2,23,26,28,29)/b22-12-. The summed E-state index contributed by atoms with van der Waals surface area (Å²) in [5, 5.41) is 9.63. The molecule has 1 aromatic heterocycles. The molecule has 0 spiro atoms. The van der Waals surface area contributed by atoms with E-state index in [4.69, 9.17) is 4.74 Å².